The maximum absolute atomic E-state index is 13.5. The van der Waals surface area contributed by atoms with Gasteiger partial charge in [-0.25, -0.2) is 0 Å². The van der Waals surface area contributed by atoms with Crippen LogP contribution >= 0.6 is 0 Å². The maximum atomic E-state index is 13.5. The van der Waals surface area contributed by atoms with Crippen molar-refractivity contribution < 1.29 is 48.5 Å². The van der Waals surface area contributed by atoms with E-state index in [4.69, 9.17) is 9.47 Å². The Morgan fingerprint density at radius 1 is 0.725 bits per heavy atom. The molecule has 0 radical (unpaired) electrons. The molecule has 0 bridgehead atoms. The summed E-state index contributed by atoms with van der Waals surface area (Å²) in [6, 6.07) is 17.6. The van der Waals surface area contributed by atoms with Gasteiger partial charge >= 0.3 is 22.5 Å². The number of oxime groups is 1. The summed E-state index contributed by atoms with van der Waals surface area (Å²) < 4.78 is 118. The molecule has 6 nitrogen and oxygen atoms in total. The summed E-state index contributed by atoms with van der Waals surface area (Å²) in [5, 5.41) is 2.89. The summed E-state index contributed by atoms with van der Waals surface area (Å²) in [6.07, 6.45) is -9.17. The molecule has 0 amide bonds. The minimum atomic E-state index is -5.00. The predicted molar refractivity (Wildman–Crippen MR) is 136 cm³/mol. The summed E-state index contributed by atoms with van der Waals surface area (Å²) >= 11 is 0. The van der Waals surface area contributed by atoms with E-state index in [0.717, 1.165) is 12.1 Å². The third-order valence-electron chi connectivity index (χ3n) is 5.20. The van der Waals surface area contributed by atoms with Crippen LogP contribution < -0.4 is 9.47 Å². The molecule has 214 valence electrons. The number of halogens is 6. The molecular formula is C27H23F6NO5S. The van der Waals surface area contributed by atoms with Crippen LogP contribution in [0.1, 0.15) is 23.1 Å². The van der Waals surface area contributed by atoms with Gasteiger partial charge < -0.3 is 9.47 Å². The van der Waals surface area contributed by atoms with Crippen LogP contribution in [0.2, 0.25) is 0 Å². The fraction of sp³-hybridized carbons (Fsp3) is 0.222. The van der Waals surface area contributed by atoms with Crippen LogP contribution in [-0.4, -0.2) is 39.7 Å². The third-order valence-corrected chi connectivity index (χ3v) is 6.18. The number of ether oxygens (including phenoxy) is 2. The minimum absolute atomic E-state index is 0.0780. The van der Waals surface area contributed by atoms with Crippen LogP contribution in [0.25, 0.3) is 5.57 Å². The van der Waals surface area contributed by atoms with E-state index in [9.17, 15) is 34.8 Å². The van der Waals surface area contributed by atoms with Gasteiger partial charge in [-0.05, 0) is 47.5 Å². The molecule has 0 saturated heterocycles. The smallest absolute Gasteiger partial charge is 0.437 e. The van der Waals surface area contributed by atoms with Crippen LogP contribution in [0.3, 0.4) is 0 Å². The van der Waals surface area contributed by atoms with Crippen molar-refractivity contribution >= 4 is 21.4 Å². The average Bonchev–Trinajstić information content (AvgIpc) is 2.88. The largest absolute Gasteiger partial charge is 0.493 e. The number of nitrogens with zero attached hydrogens (tertiary/aromatic N) is 1. The first-order chi connectivity index (χ1) is 18.7. The number of allylic oxidation sites excluding steroid dienone is 1. The molecule has 0 unspecified atom stereocenters. The van der Waals surface area contributed by atoms with Gasteiger partial charge in [0.25, 0.3) is 0 Å². The lowest BCUT2D eigenvalue weighted by Gasteiger charge is -2.12. The highest BCUT2D eigenvalue weighted by molar-refractivity contribution is 7.85. The molecule has 40 heavy (non-hydrogen) atoms. The van der Waals surface area contributed by atoms with E-state index >= 15 is 0 Å². The zero-order valence-electron chi connectivity index (χ0n) is 20.7. The highest BCUT2D eigenvalue weighted by Crippen LogP contribution is 2.33. The Kier molecular flexibility index (Phi) is 9.85. The molecule has 0 saturated carbocycles. The molecule has 0 aliphatic heterocycles. The van der Waals surface area contributed by atoms with E-state index in [1.54, 1.807) is 18.2 Å². The molecule has 0 spiro atoms. The van der Waals surface area contributed by atoms with Crippen LogP contribution in [0.15, 0.2) is 90.6 Å². The van der Waals surface area contributed by atoms with Crippen molar-refractivity contribution in [2.24, 2.45) is 5.16 Å². The van der Waals surface area contributed by atoms with Crippen molar-refractivity contribution in [2.75, 3.05) is 13.2 Å². The second kappa shape index (κ2) is 12.9. The van der Waals surface area contributed by atoms with Crippen molar-refractivity contribution in [1.82, 2.24) is 0 Å². The van der Waals surface area contributed by atoms with Crippen molar-refractivity contribution in [2.45, 2.75) is 24.5 Å². The Balaban J connectivity index is 1.51. The molecule has 3 aromatic rings. The summed E-state index contributed by atoms with van der Waals surface area (Å²) in [7, 11) is -4.43. The molecule has 3 rings (SSSR count). The van der Waals surface area contributed by atoms with Crippen molar-refractivity contribution in [3.05, 3.63) is 102 Å². The summed E-state index contributed by atoms with van der Waals surface area (Å²) in [5.74, 6) is -0.0779. The van der Waals surface area contributed by atoms with Gasteiger partial charge in [0, 0.05) is 12.0 Å². The van der Waals surface area contributed by atoms with Gasteiger partial charge in [0.05, 0.1) is 18.8 Å². The maximum Gasteiger partial charge on any atom is 0.437 e. The van der Waals surface area contributed by atoms with Gasteiger partial charge in [0.15, 0.2) is 5.71 Å². The molecule has 0 fully saturated rings. The zero-order chi connectivity index (χ0) is 29.4. The van der Waals surface area contributed by atoms with Gasteiger partial charge in [0.1, 0.15) is 17.3 Å². The Labute approximate surface area is 226 Å². The van der Waals surface area contributed by atoms with Gasteiger partial charge in [-0.1, -0.05) is 54.2 Å². The van der Waals surface area contributed by atoms with E-state index in [1.807, 2.05) is 0 Å². The average molecular weight is 588 g/mol. The lowest BCUT2D eigenvalue weighted by molar-refractivity contribution is -0.0687. The monoisotopic (exact) mass is 587 g/mol. The van der Waals surface area contributed by atoms with Crippen LogP contribution in [0, 0.1) is 0 Å². The van der Waals surface area contributed by atoms with Gasteiger partial charge in [0.2, 0.25) is 0 Å². The molecule has 0 atom stereocenters. The standard InChI is InChI=1S/C27H23F6NO5S/c1-19(26(28,29)30)21-8-12-23(13-9-21)37-16-5-17-38-24-14-10-22(11-15-24)25(27(31,32)33)34-39-40(35,36)18-20-6-3-2-4-7-20/h2-4,6-15H,1,5,16-18H2/b34-25-. The molecule has 13 heteroatoms. The van der Waals surface area contributed by atoms with Crippen molar-refractivity contribution in [3.8, 4) is 11.5 Å². The first-order valence-electron chi connectivity index (χ1n) is 11.6. The molecule has 3 aromatic carbocycles. The van der Waals surface area contributed by atoms with Crippen molar-refractivity contribution in [3.63, 3.8) is 0 Å². The van der Waals surface area contributed by atoms with Crippen LogP contribution in [0.4, 0.5) is 26.3 Å². The fourth-order valence-electron chi connectivity index (χ4n) is 3.23. The fourth-order valence-corrected chi connectivity index (χ4v) is 4.07. The molecular weight excluding hydrogens is 564 g/mol. The van der Waals surface area contributed by atoms with Gasteiger partial charge in [-0.15, -0.1) is 0 Å². The topological polar surface area (TPSA) is 74.2 Å². The van der Waals surface area contributed by atoms with Gasteiger partial charge in [-0.3, -0.25) is 4.28 Å². The van der Waals surface area contributed by atoms with Crippen LogP contribution in [0.5, 0.6) is 11.5 Å². The normalized spacial score (nSPS) is 12.6. The highest BCUT2D eigenvalue weighted by Gasteiger charge is 2.38. The second-order valence-corrected chi connectivity index (χ2v) is 9.83. The SMILES string of the molecule is C=C(c1ccc(OCCCOc2ccc(/C(=N/OS(=O)(=O)Cc3ccccc3)C(F)(F)F)cc2)cc1)C(F)(F)F. The zero-order valence-corrected chi connectivity index (χ0v) is 21.5. The molecule has 0 aliphatic carbocycles. The van der Waals surface area contributed by atoms with E-state index in [-0.39, 0.29) is 24.5 Å². The number of rotatable bonds is 12. The van der Waals surface area contributed by atoms with E-state index in [2.05, 4.69) is 16.0 Å². The second-order valence-electron chi connectivity index (χ2n) is 8.28. The number of hydrogen-bond acceptors (Lipinski definition) is 6. The number of hydrogen-bond donors (Lipinski definition) is 0. The Hall–Kier alpha value is -4.00. The summed E-state index contributed by atoms with van der Waals surface area (Å²) in [6.45, 7) is 3.32. The molecule has 0 heterocycles. The molecule has 0 aromatic heterocycles. The lowest BCUT2D eigenvalue weighted by atomic mass is 10.1. The van der Waals surface area contributed by atoms with E-state index in [0.29, 0.717) is 17.7 Å². The van der Waals surface area contributed by atoms with Crippen molar-refractivity contribution in [1.29, 1.82) is 0 Å². The number of alkyl halides is 6. The lowest BCUT2D eigenvalue weighted by Crippen LogP contribution is -2.25. The van der Waals surface area contributed by atoms with Gasteiger partial charge in [-0.2, -0.15) is 34.8 Å². The Bertz CT molecular complexity index is 1400. The quantitative estimate of drug-likeness (QED) is 0.0996. The summed E-state index contributed by atoms with van der Waals surface area (Å²) in [5.41, 5.74) is -2.69. The minimum Gasteiger partial charge on any atom is -0.493 e. The predicted octanol–water partition coefficient (Wildman–Crippen LogP) is 6.92. The van der Waals surface area contributed by atoms with Crippen LogP contribution in [-0.2, 0) is 20.2 Å². The first kappa shape index (κ1) is 30.5. The molecule has 0 N–H and O–H groups in total. The Morgan fingerprint density at radius 2 is 1.23 bits per heavy atom. The summed E-state index contributed by atoms with van der Waals surface area (Å²) in [4.78, 5) is 0. The van der Waals surface area contributed by atoms with E-state index in [1.165, 1.54) is 48.5 Å². The number of benzene rings is 3. The molecule has 0 aliphatic rings. The van der Waals surface area contributed by atoms with E-state index < -0.39 is 45.1 Å². The Morgan fingerprint density at radius 3 is 1.70 bits per heavy atom. The highest BCUT2D eigenvalue weighted by atomic mass is 32.2. The first-order valence-corrected chi connectivity index (χ1v) is 13.2. The third kappa shape index (κ3) is 9.33.